The molecule has 82 valence electrons. The smallest absolute Gasteiger partial charge is 0.193 e. The minimum absolute atomic E-state index is 0.0486. The molecule has 1 aromatic rings. The van der Waals surface area contributed by atoms with Crippen LogP contribution in [0.4, 0.5) is 0 Å². The molecule has 0 N–H and O–H groups in total. The van der Waals surface area contributed by atoms with Crippen molar-refractivity contribution in [3.8, 4) is 0 Å². The van der Waals surface area contributed by atoms with E-state index in [1.54, 1.807) is 6.07 Å². The highest BCUT2D eigenvalue weighted by Gasteiger charge is 2.30. The van der Waals surface area contributed by atoms with Crippen LogP contribution in [0.5, 0.6) is 0 Å². The number of carbonyl (C=O) groups is 1. The summed E-state index contributed by atoms with van der Waals surface area (Å²) < 4.78 is 6.48. The summed E-state index contributed by atoms with van der Waals surface area (Å²) in [7, 11) is 0. The average Bonchev–Trinajstić information content (AvgIpc) is 2.71. The van der Waals surface area contributed by atoms with Crippen molar-refractivity contribution >= 4 is 40.3 Å². The van der Waals surface area contributed by atoms with Gasteiger partial charge in [-0.3, -0.25) is 4.79 Å². The molecule has 1 aliphatic rings. The Morgan fingerprint density at radius 2 is 2.27 bits per heavy atom. The van der Waals surface area contributed by atoms with Crippen LogP contribution in [0.3, 0.4) is 0 Å². The Morgan fingerprint density at radius 1 is 1.53 bits per heavy atom. The van der Waals surface area contributed by atoms with Gasteiger partial charge in [0.2, 0.25) is 0 Å². The van der Waals surface area contributed by atoms with E-state index in [9.17, 15) is 4.79 Å². The summed E-state index contributed by atoms with van der Waals surface area (Å²) in [6, 6.07) is 1.61. The summed E-state index contributed by atoms with van der Waals surface area (Å²) in [5.41, 5.74) is 0.491. The molecule has 2 nitrogen and oxygen atoms in total. The van der Waals surface area contributed by atoms with Crippen molar-refractivity contribution in [3.05, 3.63) is 20.3 Å². The van der Waals surface area contributed by atoms with E-state index in [-0.39, 0.29) is 18.0 Å². The SMILES string of the molecule is CC1CCC(C(=O)c2cc(Cl)sc2Cl)O1. The van der Waals surface area contributed by atoms with Crippen molar-refractivity contribution in [1.29, 1.82) is 0 Å². The van der Waals surface area contributed by atoms with E-state index >= 15 is 0 Å². The molecule has 0 aromatic carbocycles. The standard InChI is InChI=1S/C10H10Cl2O2S/c1-5-2-3-7(14-5)9(13)6-4-8(11)15-10(6)12/h4-5,7H,2-3H2,1H3. The first-order valence-corrected chi connectivity index (χ1v) is 6.29. The Labute approximate surface area is 102 Å². The van der Waals surface area contributed by atoms with Crippen LogP contribution in [0.2, 0.25) is 8.67 Å². The molecule has 0 aliphatic carbocycles. The van der Waals surface area contributed by atoms with Gasteiger partial charge in [0, 0.05) is 0 Å². The van der Waals surface area contributed by atoms with Crippen LogP contribution in [0.15, 0.2) is 6.07 Å². The summed E-state index contributed by atoms with van der Waals surface area (Å²) in [4.78, 5) is 12.0. The second-order valence-corrected chi connectivity index (χ2v) is 5.90. The van der Waals surface area contributed by atoms with Gasteiger partial charge in [-0.05, 0) is 25.8 Å². The number of hydrogen-bond donors (Lipinski definition) is 0. The molecule has 0 bridgehead atoms. The largest absolute Gasteiger partial charge is 0.367 e. The van der Waals surface area contributed by atoms with Gasteiger partial charge < -0.3 is 4.74 Å². The Morgan fingerprint density at radius 3 is 2.73 bits per heavy atom. The topological polar surface area (TPSA) is 26.3 Å². The van der Waals surface area contributed by atoms with Gasteiger partial charge in [0.05, 0.1) is 16.0 Å². The van der Waals surface area contributed by atoms with Gasteiger partial charge in [-0.2, -0.15) is 0 Å². The van der Waals surface area contributed by atoms with Crippen LogP contribution in [0, 0.1) is 0 Å². The monoisotopic (exact) mass is 264 g/mol. The van der Waals surface area contributed by atoms with Crippen LogP contribution in [-0.4, -0.2) is 18.0 Å². The number of carbonyl (C=O) groups excluding carboxylic acids is 1. The fraction of sp³-hybridized carbons (Fsp3) is 0.500. The van der Waals surface area contributed by atoms with E-state index in [1.165, 1.54) is 11.3 Å². The zero-order valence-corrected chi connectivity index (χ0v) is 10.5. The molecule has 2 atom stereocenters. The van der Waals surface area contributed by atoms with E-state index in [0.717, 1.165) is 12.8 Å². The summed E-state index contributed by atoms with van der Waals surface area (Å²) in [6.07, 6.45) is 1.50. The van der Waals surface area contributed by atoms with Crippen LogP contribution >= 0.6 is 34.5 Å². The predicted octanol–water partition coefficient (Wildman–Crippen LogP) is 3.81. The van der Waals surface area contributed by atoms with Crippen LogP contribution in [0.1, 0.15) is 30.1 Å². The Balaban J connectivity index is 2.17. The molecule has 2 heterocycles. The molecule has 1 saturated heterocycles. The predicted molar refractivity (Wildman–Crippen MR) is 62.2 cm³/mol. The molecule has 1 aromatic heterocycles. The maximum absolute atomic E-state index is 12.0. The van der Waals surface area contributed by atoms with Crippen LogP contribution in [-0.2, 0) is 4.74 Å². The first-order valence-electron chi connectivity index (χ1n) is 4.72. The zero-order chi connectivity index (χ0) is 11.0. The molecule has 0 saturated carbocycles. The normalized spacial score (nSPS) is 25.8. The molecule has 2 rings (SSSR count). The van der Waals surface area contributed by atoms with E-state index in [1.807, 2.05) is 6.92 Å². The van der Waals surface area contributed by atoms with Gasteiger partial charge in [-0.15, -0.1) is 11.3 Å². The number of Topliss-reactive ketones (excluding diaryl/α,β-unsaturated/α-hetero) is 1. The van der Waals surface area contributed by atoms with Gasteiger partial charge in [0.15, 0.2) is 5.78 Å². The lowest BCUT2D eigenvalue weighted by atomic mass is 10.1. The molecule has 0 spiro atoms. The van der Waals surface area contributed by atoms with Crippen molar-refractivity contribution < 1.29 is 9.53 Å². The number of halogens is 2. The van der Waals surface area contributed by atoms with Crippen molar-refractivity contribution in [2.75, 3.05) is 0 Å². The van der Waals surface area contributed by atoms with E-state index < -0.39 is 0 Å². The molecule has 0 radical (unpaired) electrons. The second kappa shape index (κ2) is 4.42. The fourth-order valence-corrected chi connectivity index (χ4v) is 3.15. The molecule has 0 amide bonds. The first kappa shape index (κ1) is 11.4. The minimum Gasteiger partial charge on any atom is -0.367 e. The van der Waals surface area contributed by atoms with Gasteiger partial charge in [0.25, 0.3) is 0 Å². The highest BCUT2D eigenvalue weighted by Crippen LogP contribution is 2.33. The lowest BCUT2D eigenvalue weighted by Crippen LogP contribution is -2.20. The number of ketones is 1. The number of hydrogen-bond acceptors (Lipinski definition) is 3. The van der Waals surface area contributed by atoms with Crippen molar-refractivity contribution in [1.82, 2.24) is 0 Å². The Bertz CT molecular complexity index is 389. The van der Waals surface area contributed by atoms with Crippen LogP contribution < -0.4 is 0 Å². The van der Waals surface area contributed by atoms with Crippen molar-refractivity contribution in [2.24, 2.45) is 0 Å². The summed E-state index contributed by atoms with van der Waals surface area (Å²) >= 11 is 12.9. The molecule has 15 heavy (non-hydrogen) atoms. The van der Waals surface area contributed by atoms with E-state index in [2.05, 4.69) is 0 Å². The molecular weight excluding hydrogens is 255 g/mol. The number of ether oxygens (including phenoxy) is 1. The maximum Gasteiger partial charge on any atom is 0.193 e. The molecule has 1 aliphatic heterocycles. The van der Waals surface area contributed by atoms with Crippen molar-refractivity contribution in [2.45, 2.75) is 32.0 Å². The highest BCUT2D eigenvalue weighted by molar-refractivity contribution is 7.20. The third-order valence-electron chi connectivity index (χ3n) is 2.45. The zero-order valence-electron chi connectivity index (χ0n) is 8.13. The quantitative estimate of drug-likeness (QED) is 0.760. The van der Waals surface area contributed by atoms with Gasteiger partial charge in [-0.1, -0.05) is 23.2 Å². The number of rotatable bonds is 2. The lowest BCUT2D eigenvalue weighted by Gasteiger charge is -2.08. The molecule has 2 unspecified atom stereocenters. The lowest BCUT2D eigenvalue weighted by molar-refractivity contribution is 0.0434. The van der Waals surface area contributed by atoms with Gasteiger partial charge in [0.1, 0.15) is 10.4 Å². The summed E-state index contributed by atoms with van der Waals surface area (Å²) in [5.74, 6) is -0.0486. The van der Waals surface area contributed by atoms with E-state index in [4.69, 9.17) is 27.9 Å². The first-order chi connectivity index (χ1) is 7.08. The van der Waals surface area contributed by atoms with Crippen molar-refractivity contribution in [3.63, 3.8) is 0 Å². The van der Waals surface area contributed by atoms with Crippen LogP contribution in [0.25, 0.3) is 0 Å². The highest BCUT2D eigenvalue weighted by atomic mass is 35.5. The molecule has 5 heteroatoms. The number of thiophene rings is 1. The fourth-order valence-electron chi connectivity index (χ4n) is 1.68. The summed E-state index contributed by atoms with van der Waals surface area (Å²) in [6.45, 7) is 1.97. The second-order valence-electron chi connectivity index (χ2n) is 3.61. The average molecular weight is 265 g/mol. The third-order valence-corrected chi connectivity index (χ3v) is 3.93. The third kappa shape index (κ3) is 2.36. The van der Waals surface area contributed by atoms with Gasteiger partial charge in [-0.25, -0.2) is 0 Å². The molecule has 1 fully saturated rings. The minimum atomic E-state index is -0.344. The summed E-state index contributed by atoms with van der Waals surface area (Å²) in [5, 5.41) is 0. The maximum atomic E-state index is 12.0. The van der Waals surface area contributed by atoms with Gasteiger partial charge >= 0.3 is 0 Å². The molecular formula is C10H10Cl2O2S. The Kier molecular flexibility index (Phi) is 3.36. The van der Waals surface area contributed by atoms with E-state index in [0.29, 0.717) is 14.2 Å². The Hall–Kier alpha value is -0.0900.